The van der Waals surface area contributed by atoms with Gasteiger partial charge in [0.1, 0.15) is 5.84 Å². The number of hydrogen-bond acceptors (Lipinski definition) is 1. The first-order chi connectivity index (χ1) is 6.50. The zero-order chi connectivity index (χ0) is 10.7. The van der Waals surface area contributed by atoms with Gasteiger partial charge in [-0.25, -0.2) is 0 Å². The summed E-state index contributed by atoms with van der Waals surface area (Å²) in [6.07, 6.45) is 0. The van der Waals surface area contributed by atoms with Gasteiger partial charge in [0.2, 0.25) is 0 Å². The van der Waals surface area contributed by atoms with Gasteiger partial charge >= 0.3 is 0 Å². The first kappa shape index (κ1) is 11.2. The molecule has 0 aliphatic rings. The van der Waals surface area contributed by atoms with Crippen LogP contribution in [0.1, 0.15) is 25.0 Å². The first-order valence-corrected chi connectivity index (χ1v) is 5.40. The smallest absolute Gasteiger partial charge is 0.125 e. The normalized spacial score (nSPS) is 12.2. The van der Waals surface area contributed by atoms with Gasteiger partial charge in [-0.1, -0.05) is 28.1 Å². The van der Waals surface area contributed by atoms with Gasteiger partial charge < -0.3 is 5.73 Å². The average Bonchev–Trinajstić information content (AvgIpc) is 2.08. The molecule has 0 bridgehead atoms. The summed E-state index contributed by atoms with van der Waals surface area (Å²) in [5.74, 6) is 0.598. The first-order valence-electron chi connectivity index (χ1n) is 4.60. The van der Waals surface area contributed by atoms with Crippen LogP contribution in [-0.2, 0) is 0 Å². The molecule has 0 fully saturated rings. The van der Waals surface area contributed by atoms with Crippen LogP contribution in [-0.4, -0.2) is 11.9 Å². The van der Waals surface area contributed by atoms with E-state index in [2.05, 4.69) is 20.9 Å². The number of halogens is 1. The van der Waals surface area contributed by atoms with Crippen molar-refractivity contribution in [3.63, 3.8) is 0 Å². The second-order valence-corrected chi connectivity index (χ2v) is 4.43. The summed E-state index contributed by atoms with van der Waals surface area (Å²) in [6, 6.07) is 6.25. The topological polar surface area (TPSA) is 38.4 Å². The van der Waals surface area contributed by atoms with E-state index >= 15 is 0 Å². The quantitative estimate of drug-likeness (QED) is 0.640. The summed E-state index contributed by atoms with van der Waals surface area (Å²) in [5.41, 5.74) is 8.01. The molecule has 1 rings (SSSR count). The van der Waals surface area contributed by atoms with Crippen molar-refractivity contribution in [3.05, 3.63) is 33.8 Å². The fourth-order valence-electron chi connectivity index (χ4n) is 1.10. The van der Waals surface area contributed by atoms with E-state index in [0.717, 1.165) is 10.0 Å². The highest BCUT2D eigenvalue weighted by molar-refractivity contribution is 9.10. The van der Waals surface area contributed by atoms with E-state index in [-0.39, 0.29) is 6.04 Å². The van der Waals surface area contributed by atoms with Crippen molar-refractivity contribution in [2.45, 2.75) is 26.8 Å². The maximum absolute atomic E-state index is 5.84. The Morgan fingerprint density at radius 2 is 2.07 bits per heavy atom. The van der Waals surface area contributed by atoms with E-state index < -0.39 is 0 Å². The third-order valence-corrected chi connectivity index (χ3v) is 2.72. The maximum atomic E-state index is 5.84. The average molecular weight is 255 g/mol. The van der Waals surface area contributed by atoms with Gasteiger partial charge in [0, 0.05) is 16.1 Å². The van der Waals surface area contributed by atoms with Crippen molar-refractivity contribution >= 4 is 21.8 Å². The van der Waals surface area contributed by atoms with Crippen LogP contribution in [0.5, 0.6) is 0 Å². The highest BCUT2D eigenvalue weighted by atomic mass is 79.9. The van der Waals surface area contributed by atoms with Gasteiger partial charge in [-0.3, -0.25) is 4.99 Å². The van der Waals surface area contributed by atoms with E-state index in [1.54, 1.807) is 0 Å². The number of nitrogens with zero attached hydrogens (tertiary/aromatic N) is 1. The molecule has 1 aromatic carbocycles. The number of aliphatic imine (C=N–C) groups is 1. The third-order valence-electron chi connectivity index (χ3n) is 1.86. The van der Waals surface area contributed by atoms with E-state index in [0.29, 0.717) is 5.84 Å². The lowest BCUT2D eigenvalue weighted by Gasteiger charge is -2.05. The van der Waals surface area contributed by atoms with Crippen molar-refractivity contribution < 1.29 is 0 Å². The van der Waals surface area contributed by atoms with Crippen molar-refractivity contribution in [1.29, 1.82) is 0 Å². The second-order valence-electron chi connectivity index (χ2n) is 3.57. The number of rotatable bonds is 2. The van der Waals surface area contributed by atoms with E-state index in [1.807, 2.05) is 39.0 Å². The summed E-state index contributed by atoms with van der Waals surface area (Å²) in [6.45, 7) is 6.07. The predicted molar refractivity (Wildman–Crippen MR) is 64.7 cm³/mol. The molecule has 0 atom stereocenters. The molecule has 0 heterocycles. The van der Waals surface area contributed by atoms with Crippen LogP contribution in [0.25, 0.3) is 0 Å². The minimum absolute atomic E-state index is 0.232. The Hall–Kier alpha value is -0.830. The lowest BCUT2D eigenvalue weighted by Crippen LogP contribution is -2.15. The fourth-order valence-corrected chi connectivity index (χ4v) is 1.48. The Balaban J connectivity index is 3.03. The zero-order valence-electron chi connectivity index (χ0n) is 8.71. The van der Waals surface area contributed by atoms with Gasteiger partial charge in [-0.15, -0.1) is 0 Å². The Morgan fingerprint density at radius 3 is 2.57 bits per heavy atom. The molecule has 1 aromatic rings. The van der Waals surface area contributed by atoms with E-state index in [9.17, 15) is 0 Å². The molecule has 0 saturated heterocycles. The molecular weight excluding hydrogens is 240 g/mol. The molecule has 76 valence electrons. The van der Waals surface area contributed by atoms with Crippen molar-refractivity contribution in [2.24, 2.45) is 10.7 Å². The van der Waals surface area contributed by atoms with Crippen molar-refractivity contribution in [3.8, 4) is 0 Å². The van der Waals surface area contributed by atoms with Crippen LogP contribution in [0.4, 0.5) is 0 Å². The number of amidine groups is 1. The lowest BCUT2D eigenvalue weighted by atomic mass is 10.1. The molecule has 0 amide bonds. The van der Waals surface area contributed by atoms with E-state index in [1.165, 1.54) is 5.56 Å². The summed E-state index contributed by atoms with van der Waals surface area (Å²) >= 11 is 3.47. The Morgan fingerprint density at radius 1 is 1.43 bits per heavy atom. The molecular formula is C11H15BrN2. The molecule has 0 spiro atoms. The van der Waals surface area contributed by atoms with Crippen LogP contribution >= 0.6 is 15.9 Å². The molecule has 2 nitrogen and oxygen atoms in total. The van der Waals surface area contributed by atoms with Crippen LogP contribution in [0, 0.1) is 6.92 Å². The summed E-state index contributed by atoms with van der Waals surface area (Å²) in [7, 11) is 0. The zero-order valence-corrected chi connectivity index (χ0v) is 10.3. The molecule has 0 aromatic heterocycles. The molecule has 0 aliphatic heterocycles. The van der Waals surface area contributed by atoms with E-state index in [4.69, 9.17) is 5.73 Å². The molecule has 0 unspecified atom stereocenters. The van der Waals surface area contributed by atoms with Gasteiger partial charge in [-0.05, 0) is 32.4 Å². The Kier molecular flexibility index (Phi) is 3.69. The highest BCUT2D eigenvalue weighted by Gasteiger charge is 2.01. The van der Waals surface area contributed by atoms with Crippen LogP contribution < -0.4 is 5.73 Å². The van der Waals surface area contributed by atoms with Gasteiger partial charge in [0.05, 0.1) is 0 Å². The standard InChI is InChI=1S/C11H15BrN2/c1-7(2)14-11(13)9-5-4-8(3)10(12)6-9/h4-7H,1-3H3,(H2,13,14). The summed E-state index contributed by atoms with van der Waals surface area (Å²) in [4.78, 5) is 4.29. The Bertz CT molecular complexity index is 356. The molecule has 0 radical (unpaired) electrons. The molecule has 0 saturated carbocycles. The SMILES string of the molecule is Cc1ccc(C(N)=NC(C)C)cc1Br. The van der Waals surface area contributed by atoms with Crippen LogP contribution in [0.2, 0.25) is 0 Å². The predicted octanol–water partition coefficient (Wildman–Crippen LogP) is 2.87. The van der Waals surface area contributed by atoms with Crippen molar-refractivity contribution in [1.82, 2.24) is 0 Å². The van der Waals surface area contributed by atoms with Gasteiger partial charge in [-0.2, -0.15) is 0 Å². The highest BCUT2D eigenvalue weighted by Crippen LogP contribution is 2.17. The van der Waals surface area contributed by atoms with Crippen LogP contribution in [0.3, 0.4) is 0 Å². The maximum Gasteiger partial charge on any atom is 0.125 e. The summed E-state index contributed by atoms with van der Waals surface area (Å²) in [5, 5.41) is 0. The fraction of sp³-hybridized carbons (Fsp3) is 0.364. The number of aryl methyl sites for hydroxylation is 1. The number of hydrogen-bond donors (Lipinski definition) is 1. The molecule has 14 heavy (non-hydrogen) atoms. The number of benzene rings is 1. The number of nitrogens with two attached hydrogens (primary N) is 1. The lowest BCUT2D eigenvalue weighted by molar-refractivity contribution is 0.834. The Labute approximate surface area is 93.4 Å². The van der Waals surface area contributed by atoms with Gasteiger partial charge in [0.25, 0.3) is 0 Å². The summed E-state index contributed by atoms with van der Waals surface area (Å²) < 4.78 is 1.07. The van der Waals surface area contributed by atoms with Crippen molar-refractivity contribution in [2.75, 3.05) is 0 Å². The second kappa shape index (κ2) is 4.60. The minimum atomic E-state index is 0.232. The third kappa shape index (κ3) is 2.84. The van der Waals surface area contributed by atoms with Crippen LogP contribution in [0.15, 0.2) is 27.7 Å². The largest absolute Gasteiger partial charge is 0.383 e. The molecule has 2 N–H and O–H groups in total. The molecule has 0 aliphatic carbocycles. The minimum Gasteiger partial charge on any atom is -0.383 e. The van der Waals surface area contributed by atoms with Gasteiger partial charge in [0.15, 0.2) is 0 Å². The molecule has 3 heteroatoms. The monoisotopic (exact) mass is 254 g/mol.